The van der Waals surface area contributed by atoms with E-state index in [9.17, 15) is 9.90 Å². The molecule has 1 saturated heterocycles. The van der Waals surface area contributed by atoms with Crippen molar-refractivity contribution in [2.24, 2.45) is 5.92 Å². The molecule has 0 bridgehead atoms. The molecule has 5 heteroatoms. The Labute approximate surface area is 200 Å². The van der Waals surface area contributed by atoms with Crippen molar-refractivity contribution in [1.82, 2.24) is 14.7 Å². The minimum absolute atomic E-state index is 0.00640. The number of rotatable bonds is 5. The Morgan fingerprint density at radius 2 is 1.53 bits per heavy atom. The summed E-state index contributed by atoms with van der Waals surface area (Å²) < 4.78 is 1.79. The maximum absolute atomic E-state index is 13.7. The molecule has 34 heavy (non-hydrogen) atoms. The topological polar surface area (TPSA) is 58.4 Å². The molecule has 1 amide bonds. The number of hydrogen-bond acceptors (Lipinski definition) is 3. The van der Waals surface area contributed by atoms with E-state index in [1.165, 1.54) is 0 Å². The largest absolute Gasteiger partial charge is 0.388 e. The number of aliphatic hydroxyl groups excluding tert-OH is 1. The summed E-state index contributed by atoms with van der Waals surface area (Å²) in [6.45, 7) is 3.29. The number of hydrogen-bond donors (Lipinski definition) is 1. The van der Waals surface area contributed by atoms with E-state index in [2.05, 4.69) is 0 Å². The Morgan fingerprint density at radius 3 is 2.21 bits per heavy atom. The van der Waals surface area contributed by atoms with Crippen LogP contribution in [-0.2, 0) is 0 Å². The number of aromatic nitrogens is 2. The second-order valence-electron chi connectivity index (χ2n) is 8.97. The summed E-state index contributed by atoms with van der Waals surface area (Å²) in [6, 6.07) is 27.7. The van der Waals surface area contributed by atoms with Gasteiger partial charge in [-0.05, 0) is 48.9 Å². The first kappa shape index (κ1) is 22.1. The third kappa shape index (κ3) is 4.39. The van der Waals surface area contributed by atoms with Crippen molar-refractivity contribution in [3.63, 3.8) is 0 Å². The molecular weight excluding hydrogens is 422 g/mol. The quantitative estimate of drug-likeness (QED) is 0.440. The first-order valence-corrected chi connectivity index (χ1v) is 11.8. The Balaban J connectivity index is 1.40. The first-order chi connectivity index (χ1) is 16.6. The van der Waals surface area contributed by atoms with Crippen molar-refractivity contribution in [2.75, 3.05) is 13.1 Å². The molecule has 1 fully saturated rings. The Morgan fingerprint density at radius 1 is 0.912 bits per heavy atom. The van der Waals surface area contributed by atoms with E-state index in [-0.39, 0.29) is 11.8 Å². The van der Waals surface area contributed by atoms with E-state index >= 15 is 0 Å². The zero-order chi connectivity index (χ0) is 23.5. The highest BCUT2D eigenvalue weighted by molar-refractivity contribution is 6.00. The number of nitrogens with zero attached hydrogens (tertiary/aromatic N) is 3. The number of aliphatic hydroxyl groups is 1. The predicted molar refractivity (Wildman–Crippen MR) is 134 cm³/mol. The van der Waals surface area contributed by atoms with Crippen LogP contribution in [0.5, 0.6) is 0 Å². The lowest BCUT2D eigenvalue weighted by atomic mass is 9.87. The van der Waals surface area contributed by atoms with Crippen LogP contribution < -0.4 is 0 Å². The SMILES string of the molecule is Cc1ccccc1-c1nn(-c2ccccc2)cc1C(=O)N1CCC(C(O)c2ccccc2)CC1. The zero-order valence-corrected chi connectivity index (χ0v) is 19.3. The van der Waals surface area contributed by atoms with Gasteiger partial charge in [0, 0.05) is 24.8 Å². The van der Waals surface area contributed by atoms with Crippen LogP contribution in [0.15, 0.2) is 91.1 Å². The van der Waals surface area contributed by atoms with Gasteiger partial charge < -0.3 is 10.0 Å². The second-order valence-corrected chi connectivity index (χ2v) is 8.97. The molecule has 1 atom stereocenters. The molecule has 1 N–H and O–H groups in total. The minimum atomic E-state index is -0.498. The predicted octanol–water partition coefficient (Wildman–Crippen LogP) is 5.43. The van der Waals surface area contributed by atoms with Crippen LogP contribution in [0.2, 0.25) is 0 Å². The summed E-state index contributed by atoms with van der Waals surface area (Å²) in [5.41, 5.74) is 5.23. The maximum Gasteiger partial charge on any atom is 0.257 e. The number of amides is 1. The van der Waals surface area contributed by atoms with Gasteiger partial charge in [0.05, 0.1) is 17.4 Å². The van der Waals surface area contributed by atoms with Gasteiger partial charge in [0.1, 0.15) is 5.69 Å². The molecule has 0 spiro atoms. The van der Waals surface area contributed by atoms with E-state index in [0.29, 0.717) is 24.3 Å². The van der Waals surface area contributed by atoms with Crippen molar-refractivity contribution in [3.05, 3.63) is 108 Å². The highest BCUT2D eigenvalue weighted by atomic mass is 16.3. The molecule has 1 aliphatic rings. The van der Waals surface area contributed by atoms with Crippen LogP contribution in [0.1, 0.15) is 40.4 Å². The average molecular weight is 452 g/mol. The van der Waals surface area contributed by atoms with Gasteiger partial charge in [0.15, 0.2) is 0 Å². The fraction of sp³-hybridized carbons (Fsp3) is 0.241. The van der Waals surface area contributed by atoms with Gasteiger partial charge in [-0.2, -0.15) is 5.10 Å². The number of likely N-dealkylation sites (tertiary alicyclic amines) is 1. The van der Waals surface area contributed by atoms with E-state index < -0.39 is 6.10 Å². The second kappa shape index (κ2) is 9.65. The maximum atomic E-state index is 13.7. The number of benzene rings is 3. The Kier molecular flexibility index (Phi) is 6.28. The van der Waals surface area contributed by atoms with Crippen LogP contribution in [0.3, 0.4) is 0 Å². The lowest BCUT2D eigenvalue weighted by Gasteiger charge is -2.34. The van der Waals surface area contributed by atoms with Gasteiger partial charge in [0.25, 0.3) is 5.91 Å². The average Bonchev–Trinajstić information content (AvgIpc) is 3.34. The van der Waals surface area contributed by atoms with Gasteiger partial charge in [0.2, 0.25) is 0 Å². The molecule has 5 nitrogen and oxygen atoms in total. The van der Waals surface area contributed by atoms with Crippen LogP contribution in [0.25, 0.3) is 16.9 Å². The van der Waals surface area contributed by atoms with Crippen LogP contribution in [0, 0.1) is 12.8 Å². The normalized spacial score (nSPS) is 15.3. The van der Waals surface area contributed by atoms with E-state index in [0.717, 1.165) is 35.2 Å². The van der Waals surface area contributed by atoms with E-state index in [1.54, 1.807) is 4.68 Å². The monoisotopic (exact) mass is 451 g/mol. The van der Waals surface area contributed by atoms with E-state index in [1.807, 2.05) is 103 Å². The van der Waals surface area contributed by atoms with Gasteiger partial charge >= 0.3 is 0 Å². The fourth-order valence-corrected chi connectivity index (χ4v) is 4.79. The third-order valence-electron chi connectivity index (χ3n) is 6.78. The number of carbonyl (C=O) groups is 1. The number of para-hydroxylation sites is 1. The van der Waals surface area contributed by atoms with E-state index in [4.69, 9.17) is 5.10 Å². The summed E-state index contributed by atoms with van der Waals surface area (Å²) in [6.07, 6.45) is 2.90. The van der Waals surface area contributed by atoms with Gasteiger partial charge in [-0.1, -0.05) is 72.8 Å². The molecule has 172 valence electrons. The summed E-state index contributed by atoms with van der Waals surface area (Å²) in [5, 5.41) is 15.7. The van der Waals surface area contributed by atoms with Crippen LogP contribution in [-0.4, -0.2) is 38.8 Å². The molecule has 0 saturated carbocycles. The summed E-state index contributed by atoms with van der Waals surface area (Å²) in [7, 11) is 0. The van der Waals surface area contributed by atoms with Crippen molar-refractivity contribution in [2.45, 2.75) is 25.9 Å². The standard InChI is InChI=1S/C29H29N3O2/c1-21-10-8-9-15-25(21)27-26(20-32(30-27)24-13-6-3-7-14-24)29(34)31-18-16-23(17-19-31)28(33)22-11-4-2-5-12-22/h2-15,20,23,28,33H,16-19H2,1H3. The van der Waals surface area contributed by atoms with Crippen molar-refractivity contribution < 1.29 is 9.90 Å². The molecular formula is C29H29N3O2. The first-order valence-electron chi connectivity index (χ1n) is 11.8. The number of piperidine rings is 1. The fourth-order valence-electron chi connectivity index (χ4n) is 4.79. The third-order valence-corrected chi connectivity index (χ3v) is 6.78. The summed E-state index contributed by atoms with van der Waals surface area (Å²) in [4.78, 5) is 15.6. The number of aryl methyl sites for hydroxylation is 1. The summed E-state index contributed by atoms with van der Waals surface area (Å²) >= 11 is 0. The lowest BCUT2D eigenvalue weighted by molar-refractivity contribution is 0.0463. The van der Waals surface area contributed by atoms with Crippen molar-refractivity contribution >= 4 is 5.91 Å². The van der Waals surface area contributed by atoms with Crippen molar-refractivity contribution in [3.8, 4) is 16.9 Å². The molecule has 5 rings (SSSR count). The van der Waals surface area contributed by atoms with Crippen LogP contribution in [0.4, 0.5) is 0 Å². The lowest BCUT2D eigenvalue weighted by Crippen LogP contribution is -2.39. The molecule has 1 unspecified atom stereocenters. The molecule has 0 radical (unpaired) electrons. The molecule has 3 aromatic carbocycles. The van der Waals surface area contributed by atoms with Crippen molar-refractivity contribution in [1.29, 1.82) is 0 Å². The smallest absolute Gasteiger partial charge is 0.257 e. The molecule has 1 aliphatic heterocycles. The number of carbonyl (C=O) groups excluding carboxylic acids is 1. The minimum Gasteiger partial charge on any atom is -0.388 e. The molecule has 0 aliphatic carbocycles. The van der Waals surface area contributed by atoms with Gasteiger partial charge in [-0.25, -0.2) is 4.68 Å². The highest BCUT2D eigenvalue weighted by Gasteiger charge is 2.31. The summed E-state index contributed by atoms with van der Waals surface area (Å²) in [5.74, 6) is 0.141. The molecule has 2 heterocycles. The molecule has 1 aromatic heterocycles. The molecule has 4 aromatic rings. The van der Waals surface area contributed by atoms with Gasteiger partial charge in [-0.15, -0.1) is 0 Å². The zero-order valence-electron chi connectivity index (χ0n) is 19.3. The van der Waals surface area contributed by atoms with Gasteiger partial charge in [-0.3, -0.25) is 4.79 Å². The van der Waals surface area contributed by atoms with Crippen LogP contribution >= 0.6 is 0 Å². The highest BCUT2D eigenvalue weighted by Crippen LogP contribution is 2.33. The Hall–Kier alpha value is -3.70. The Bertz CT molecular complexity index is 1260.